The Balaban J connectivity index is 2.78. The Hall–Kier alpha value is -2.68. The highest BCUT2D eigenvalue weighted by Crippen LogP contribution is 2.54. The topological polar surface area (TPSA) is 52.5 Å². The number of halogens is 12. The summed E-state index contributed by atoms with van der Waals surface area (Å²) < 4.78 is 159. The van der Waals surface area contributed by atoms with Gasteiger partial charge in [-0.25, -0.2) is 0 Å². The first-order valence-corrected chi connectivity index (χ1v) is 8.37. The smallest absolute Gasteiger partial charge is 0.369 e. The third-order valence-corrected chi connectivity index (χ3v) is 4.54. The Morgan fingerprint density at radius 2 is 0.697 bits per heavy atom. The van der Waals surface area contributed by atoms with Crippen LogP contribution in [-0.2, 0) is 11.2 Å². The van der Waals surface area contributed by atoms with Crippen LogP contribution < -0.4 is 5.32 Å². The zero-order chi connectivity index (χ0) is 25.7. The van der Waals surface area contributed by atoms with Crippen LogP contribution in [0.2, 0.25) is 0 Å². The molecule has 0 aliphatic heterocycles. The second-order valence-corrected chi connectivity index (χ2v) is 6.63. The maximum atomic E-state index is 13.3. The summed E-state index contributed by atoms with van der Waals surface area (Å²) in [7, 11) is 0. The van der Waals surface area contributed by atoms with E-state index in [2.05, 4.69) is 0 Å². The van der Waals surface area contributed by atoms with Crippen molar-refractivity contribution in [1.82, 2.24) is 0 Å². The van der Waals surface area contributed by atoms with E-state index in [0.717, 1.165) is 12.1 Å². The quantitative estimate of drug-likeness (QED) is 0.447. The molecule has 0 unspecified atom stereocenters. The maximum absolute atomic E-state index is 13.3. The third kappa shape index (κ3) is 4.30. The number of anilines is 2. The van der Waals surface area contributed by atoms with E-state index in [4.69, 9.17) is 0 Å². The summed E-state index contributed by atoms with van der Waals surface area (Å²) in [5.74, 6) is 0. The third-order valence-electron chi connectivity index (χ3n) is 4.54. The van der Waals surface area contributed by atoms with Crippen LogP contribution >= 0.6 is 0 Å². The van der Waals surface area contributed by atoms with Gasteiger partial charge in [-0.15, -0.1) is 0 Å². The standard InChI is InChI=1S/C18H11F12NO2/c19-15(20,21)13(32,16(22,23)24)9-5-1-3-7-11(9)31-12-8-4-2-6-10(12)14(33,17(25,26)27)18(28,29)30/h1-8,31-33H. The van der Waals surface area contributed by atoms with E-state index in [1.807, 2.05) is 0 Å². The lowest BCUT2D eigenvalue weighted by atomic mass is 9.89. The SMILES string of the molecule is OC(c1ccccc1Nc1ccccc1C(O)(C(F)(F)F)C(F)(F)F)(C(F)(F)F)C(F)(F)F. The molecule has 3 nitrogen and oxygen atoms in total. The van der Waals surface area contributed by atoms with Crippen molar-refractivity contribution in [3.8, 4) is 0 Å². The van der Waals surface area contributed by atoms with E-state index in [0.29, 0.717) is 24.3 Å². The van der Waals surface area contributed by atoms with Crippen LogP contribution in [0.3, 0.4) is 0 Å². The van der Waals surface area contributed by atoms with Gasteiger partial charge in [0.15, 0.2) is 0 Å². The molecular weight excluding hydrogens is 490 g/mol. The van der Waals surface area contributed by atoms with Crippen molar-refractivity contribution in [1.29, 1.82) is 0 Å². The van der Waals surface area contributed by atoms with E-state index in [1.165, 1.54) is 0 Å². The molecule has 2 aromatic rings. The number of alkyl halides is 12. The Morgan fingerprint density at radius 1 is 0.455 bits per heavy atom. The van der Waals surface area contributed by atoms with E-state index < -0.39 is 58.4 Å². The molecule has 0 atom stereocenters. The average Bonchev–Trinajstić information content (AvgIpc) is 2.64. The van der Waals surface area contributed by atoms with Crippen molar-refractivity contribution in [2.45, 2.75) is 35.9 Å². The van der Waals surface area contributed by atoms with Crippen LogP contribution in [0.5, 0.6) is 0 Å². The van der Waals surface area contributed by atoms with Crippen molar-refractivity contribution in [2.75, 3.05) is 5.32 Å². The Labute approximate surface area is 176 Å². The van der Waals surface area contributed by atoms with E-state index >= 15 is 0 Å². The molecule has 0 radical (unpaired) electrons. The lowest BCUT2D eigenvalue weighted by Gasteiger charge is -2.35. The molecule has 0 heterocycles. The van der Waals surface area contributed by atoms with Crippen LogP contribution in [0.4, 0.5) is 64.1 Å². The first-order chi connectivity index (χ1) is 14.7. The minimum atomic E-state index is -6.39. The molecule has 0 fully saturated rings. The van der Waals surface area contributed by atoms with Crippen molar-refractivity contribution >= 4 is 11.4 Å². The van der Waals surface area contributed by atoms with Crippen LogP contribution in [0.25, 0.3) is 0 Å². The first-order valence-electron chi connectivity index (χ1n) is 8.37. The van der Waals surface area contributed by atoms with E-state index in [9.17, 15) is 62.9 Å². The fourth-order valence-corrected chi connectivity index (χ4v) is 2.89. The molecule has 0 saturated heterocycles. The van der Waals surface area contributed by atoms with Gasteiger partial charge in [0.25, 0.3) is 11.2 Å². The fourth-order valence-electron chi connectivity index (χ4n) is 2.89. The molecule has 0 bridgehead atoms. The van der Waals surface area contributed by atoms with Gasteiger partial charge in [0.1, 0.15) is 0 Å². The fraction of sp³-hybridized carbons (Fsp3) is 0.333. The van der Waals surface area contributed by atoms with Gasteiger partial charge < -0.3 is 15.5 Å². The minimum Gasteiger partial charge on any atom is -0.369 e. The van der Waals surface area contributed by atoms with Gasteiger partial charge in [0, 0.05) is 22.5 Å². The van der Waals surface area contributed by atoms with Gasteiger partial charge >= 0.3 is 24.7 Å². The number of para-hydroxylation sites is 2. The Kier molecular flexibility index (Phi) is 6.42. The molecular formula is C18H11F12NO2. The molecule has 2 rings (SSSR count). The average molecular weight is 501 g/mol. The minimum absolute atomic E-state index is 0.131. The monoisotopic (exact) mass is 501 g/mol. The molecule has 33 heavy (non-hydrogen) atoms. The number of rotatable bonds is 4. The van der Waals surface area contributed by atoms with Crippen molar-refractivity contribution in [3.05, 3.63) is 59.7 Å². The van der Waals surface area contributed by atoms with Gasteiger partial charge in [-0.05, 0) is 12.1 Å². The van der Waals surface area contributed by atoms with Crippen LogP contribution in [0.1, 0.15) is 11.1 Å². The number of hydrogen-bond acceptors (Lipinski definition) is 3. The number of aliphatic hydroxyl groups is 2. The second-order valence-electron chi connectivity index (χ2n) is 6.63. The Bertz CT molecular complexity index is 884. The molecule has 184 valence electrons. The second kappa shape index (κ2) is 7.97. The highest BCUT2D eigenvalue weighted by molar-refractivity contribution is 5.68. The number of benzene rings is 2. The first kappa shape index (κ1) is 26.6. The highest BCUT2D eigenvalue weighted by Gasteiger charge is 2.73. The lowest BCUT2D eigenvalue weighted by Crippen LogP contribution is -2.54. The highest BCUT2D eigenvalue weighted by atomic mass is 19.4. The summed E-state index contributed by atoms with van der Waals surface area (Å²) in [5.41, 5.74) is -17.6. The largest absolute Gasteiger partial charge is 0.430 e. The number of nitrogens with one attached hydrogen (secondary N) is 1. The molecule has 2 aromatic carbocycles. The lowest BCUT2D eigenvalue weighted by molar-refractivity contribution is -0.376. The molecule has 0 aromatic heterocycles. The van der Waals surface area contributed by atoms with Gasteiger partial charge in [-0.2, -0.15) is 52.7 Å². The molecule has 0 aliphatic rings. The normalized spacial score (nSPS) is 14.4. The molecule has 0 amide bonds. The molecule has 0 spiro atoms. The molecule has 0 aliphatic carbocycles. The predicted molar refractivity (Wildman–Crippen MR) is 88.2 cm³/mol. The van der Waals surface area contributed by atoms with Crippen molar-refractivity contribution in [3.63, 3.8) is 0 Å². The molecule has 0 saturated carbocycles. The Morgan fingerprint density at radius 3 is 0.939 bits per heavy atom. The maximum Gasteiger partial charge on any atom is 0.430 e. The van der Waals surface area contributed by atoms with E-state index in [1.54, 1.807) is 5.32 Å². The zero-order valence-corrected chi connectivity index (χ0v) is 15.5. The predicted octanol–water partition coefficient (Wildman–Crippen LogP) is 6.05. The van der Waals surface area contributed by atoms with Gasteiger partial charge in [-0.3, -0.25) is 0 Å². The van der Waals surface area contributed by atoms with Gasteiger partial charge in [0.05, 0.1) is 0 Å². The van der Waals surface area contributed by atoms with Crippen LogP contribution in [0.15, 0.2) is 48.5 Å². The zero-order valence-electron chi connectivity index (χ0n) is 15.5. The number of hydrogen-bond donors (Lipinski definition) is 3. The summed E-state index contributed by atoms with van der Waals surface area (Å²) in [6.07, 6.45) is -25.6. The van der Waals surface area contributed by atoms with Crippen molar-refractivity contribution < 1.29 is 62.9 Å². The summed E-state index contributed by atoms with van der Waals surface area (Å²) in [4.78, 5) is 0. The van der Waals surface area contributed by atoms with Crippen molar-refractivity contribution in [2.24, 2.45) is 0 Å². The summed E-state index contributed by atoms with van der Waals surface area (Å²) in [6.45, 7) is 0. The molecule has 3 N–H and O–H groups in total. The van der Waals surface area contributed by atoms with Gasteiger partial charge in [-0.1, -0.05) is 36.4 Å². The summed E-state index contributed by atoms with van der Waals surface area (Å²) in [6, 6.07) is 4.02. The summed E-state index contributed by atoms with van der Waals surface area (Å²) >= 11 is 0. The van der Waals surface area contributed by atoms with Crippen LogP contribution in [0, 0.1) is 0 Å². The van der Waals surface area contributed by atoms with Crippen LogP contribution in [-0.4, -0.2) is 34.9 Å². The van der Waals surface area contributed by atoms with Gasteiger partial charge in [0.2, 0.25) is 0 Å². The molecule has 15 heteroatoms. The van der Waals surface area contributed by atoms with E-state index in [-0.39, 0.29) is 12.1 Å². The summed E-state index contributed by atoms with van der Waals surface area (Å²) in [5, 5.41) is 20.8.